The molecule has 0 aromatic rings. The maximum absolute atomic E-state index is 10.7. The molecule has 0 spiro atoms. The number of epoxide rings is 1. The van der Waals surface area contributed by atoms with Gasteiger partial charge >= 0.3 is 23.6 Å². The summed E-state index contributed by atoms with van der Waals surface area (Å²) in [7, 11) is 4.83. The molecule has 2 aliphatic rings. The van der Waals surface area contributed by atoms with Crippen molar-refractivity contribution < 1.29 is 40.8 Å². The van der Waals surface area contributed by atoms with Crippen LogP contribution in [0.1, 0.15) is 32.1 Å². The Morgan fingerprint density at radius 2 is 1.45 bits per heavy atom. The highest BCUT2D eigenvalue weighted by Gasteiger charge is 2.45. The number of carbonyl (C=O) groups is 1. The van der Waals surface area contributed by atoms with Crippen LogP contribution in [-0.4, -0.2) is 85.1 Å². The number of hydrogen-bond donors (Lipinski definition) is 0. The average molecular weight is 481 g/mol. The molecule has 11 heteroatoms. The largest absolute Gasteiger partial charge is 0.500 e. The van der Waals surface area contributed by atoms with Crippen LogP contribution < -0.4 is 0 Å². The molecule has 9 nitrogen and oxygen atoms in total. The molecule has 1 saturated heterocycles. The van der Waals surface area contributed by atoms with Crippen LogP contribution in [0.3, 0.4) is 0 Å². The molecule has 31 heavy (non-hydrogen) atoms. The number of hydrogen-bond acceptors (Lipinski definition) is 9. The summed E-state index contributed by atoms with van der Waals surface area (Å²) in [6, 6.07) is 1.53. The molecule has 0 N–H and O–H groups in total. The fourth-order valence-corrected chi connectivity index (χ4v) is 7.33. The van der Waals surface area contributed by atoms with Gasteiger partial charge in [-0.25, -0.2) is 4.79 Å². The van der Waals surface area contributed by atoms with E-state index in [1.54, 1.807) is 42.7 Å². The summed E-state index contributed by atoms with van der Waals surface area (Å²) < 4.78 is 42.2. The van der Waals surface area contributed by atoms with Crippen molar-refractivity contribution in [1.82, 2.24) is 0 Å². The Morgan fingerprint density at radius 3 is 1.94 bits per heavy atom. The van der Waals surface area contributed by atoms with Crippen LogP contribution in [0.4, 0.5) is 0 Å². The summed E-state index contributed by atoms with van der Waals surface area (Å²) in [6.45, 7) is 3.61. The van der Waals surface area contributed by atoms with E-state index in [1.807, 2.05) is 0 Å². The summed E-state index contributed by atoms with van der Waals surface area (Å²) in [6.07, 6.45) is 7.78. The van der Waals surface area contributed by atoms with Crippen molar-refractivity contribution >= 4 is 23.6 Å². The monoisotopic (exact) mass is 480 g/mol. The van der Waals surface area contributed by atoms with E-state index in [-0.39, 0.29) is 0 Å². The van der Waals surface area contributed by atoms with Gasteiger partial charge in [0.05, 0.1) is 18.8 Å². The molecule has 0 bridgehead atoms. The Kier molecular flexibility index (Phi) is 13.3. The van der Waals surface area contributed by atoms with Gasteiger partial charge in [0.15, 0.2) is 0 Å². The topological polar surface area (TPSA) is 94.2 Å². The van der Waals surface area contributed by atoms with Gasteiger partial charge in [-0.05, 0) is 38.0 Å². The normalized spacial score (nSPS) is 22.7. The van der Waals surface area contributed by atoms with Crippen molar-refractivity contribution in [3.8, 4) is 0 Å². The Bertz CT molecular complexity index is 510. The van der Waals surface area contributed by atoms with Gasteiger partial charge in [0, 0.05) is 60.8 Å². The third kappa shape index (κ3) is 9.40. The summed E-state index contributed by atoms with van der Waals surface area (Å²) in [5.74, 6) is 0.339. The Morgan fingerprint density at radius 1 is 0.903 bits per heavy atom. The number of fused-ring (bicyclic) bond motifs is 1. The van der Waals surface area contributed by atoms with E-state index < -0.39 is 23.6 Å². The van der Waals surface area contributed by atoms with Gasteiger partial charge in [0.1, 0.15) is 0 Å². The van der Waals surface area contributed by atoms with Gasteiger partial charge in [-0.1, -0.05) is 6.58 Å². The van der Waals surface area contributed by atoms with Crippen molar-refractivity contribution in [2.75, 3.05) is 49.3 Å². The van der Waals surface area contributed by atoms with Crippen LogP contribution >= 0.6 is 0 Å². The zero-order valence-corrected chi connectivity index (χ0v) is 21.8. The highest BCUT2D eigenvalue weighted by molar-refractivity contribution is 6.60. The van der Waals surface area contributed by atoms with Crippen LogP contribution in [0.5, 0.6) is 0 Å². The van der Waals surface area contributed by atoms with Crippen molar-refractivity contribution in [3.05, 3.63) is 12.7 Å². The molecular formula is C20H40O9Si2. The predicted octanol–water partition coefficient (Wildman–Crippen LogP) is 2.81. The smallest absolute Gasteiger partial charge is 0.463 e. The van der Waals surface area contributed by atoms with Crippen LogP contribution in [0, 0.1) is 5.92 Å². The van der Waals surface area contributed by atoms with Gasteiger partial charge in [0.2, 0.25) is 0 Å². The minimum atomic E-state index is -2.52. The number of esters is 1. The van der Waals surface area contributed by atoms with Gasteiger partial charge in [-0.15, -0.1) is 0 Å². The van der Waals surface area contributed by atoms with Crippen molar-refractivity contribution in [2.24, 2.45) is 5.92 Å². The first-order valence-corrected chi connectivity index (χ1v) is 14.5. The molecule has 1 aliphatic heterocycles. The minimum absolute atomic E-state index is 0.315. The molecule has 182 valence electrons. The number of ether oxygens (including phenoxy) is 2. The Balaban J connectivity index is 0.000000311. The highest BCUT2D eigenvalue weighted by atomic mass is 28.4. The molecule has 1 aliphatic carbocycles. The van der Waals surface area contributed by atoms with E-state index in [0.717, 1.165) is 24.5 Å². The van der Waals surface area contributed by atoms with Crippen molar-refractivity contribution in [3.63, 3.8) is 0 Å². The standard InChI is InChI=1S/C11H22O4Si.C9H18O5Si/c1-12-16(13-2,14-3)7-6-9-4-5-10-11(8-9)15-10;1-5-9(10)14-7-6-8-15(11-2,12-3)13-4/h9-11H,4-8H2,1-3H3;5H,1,6-8H2,2-4H3. The number of rotatable bonds is 14. The molecular weight excluding hydrogens is 440 g/mol. The van der Waals surface area contributed by atoms with E-state index in [2.05, 4.69) is 6.58 Å². The second-order valence-electron chi connectivity index (χ2n) is 7.50. The van der Waals surface area contributed by atoms with E-state index in [9.17, 15) is 4.79 Å². The van der Waals surface area contributed by atoms with Crippen molar-refractivity contribution in [2.45, 2.75) is 56.4 Å². The second-order valence-corrected chi connectivity index (χ2v) is 13.7. The van der Waals surface area contributed by atoms with E-state index >= 15 is 0 Å². The lowest BCUT2D eigenvalue weighted by Crippen LogP contribution is -2.43. The van der Waals surface area contributed by atoms with E-state index in [1.165, 1.54) is 19.3 Å². The molecule has 2 rings (SSSR count). The molecule has 0 amide bonds. The second kappa shape index (κ2) is 14.5. The molecule has 3 unspecified atom stereocenters. The maximum Gasteiger partial charge on any atom is 0.500 e. The first kappa shape index (κ1) is 28.4. The first-order chi connectivity index (χ1) is 14.9. The third-order valence-electron chi connectivity index (χ3n) is 5.88. The molecule has 0 radical (unpaired) electrons. The van der Waals surface area contributed by atoms with E-state index in [0.29, 0.717) is 31.3 Å². The lowest BCUT2D eigenvalue weighted by molar-refractivity contribution is -0.137. The first-order valence-electron chi connectivity index (χ1n) is 10.6. The van der Waals surface area contributed by atoms with Gasteiger partial charge < -0.3 is 36.0 Å². The minimum Gasteiger partial charge on any atom is -0.463 e. The third-order valence-corrected chi connectivity index (χ3v) is 11.5. The molecule has 0 aromatic heterocycles. The van der Waals surface area contributed by atoms with Crippen LogP contribution in [0.15, 0.2) is 12.7 Å². The summed E-state index contributed by atoms with van der Waals surface area (Å²) in [5.41, 5.74) is 0. The molecule has 1 saturated carbocycles. The lowest BCUT2D eigenvalue weighted by Gasteiger charge is -2.27. The molecule has 2 fully saturated rings. The summed E-state index contributed by atoms with van der Waals surface area (Å²) in [4.78, 5) is 10.7. The SMILES string of the molecule is C=CC(=O)OCCC[Si](OC)(OC)OC.CO[Si](CCC1CCC2OC2C1)(OC)OC. The van der Waals surface area contributed by atoms with Gasteiger partial charge in [-0.3, -0.25) is 0 Å². The predicted molar refractivity (Wildman–Crippen MR) is 120 cm³/mol. The van der Waals surface area contributed by atoms with E-state index in [4.69, 9.17) is 36.0 Å². The number of carbonyl (C=O) groups excluding carboxylic acids is 1. The van der Waals surface area contributed by atoms with Crippen LogP contribution in [-0.2, 0) is 40.8 Å². The zero-order valence-electron chi connectivity index (χ0n) is 19.8. The quantitative estimate of drug-likeness (QED) is 0.122. The molecule has 0 aromatic carbocycles. The molecule has 1 heterocycles. The fourth-order valence-electron chi connectivity index (χ4n) is 3.76. The van der Waals surface area contributed by atoms with Crippen LogP contribution in [0.25, 0.3) is 0 Å². The van der Waals surface area contributed by atoms with Crippen LogP contribution in [0.2, 0.25) is 12.1 Å². The zero-order chi connectivity index (χ0) is 23.3. The van der Waals surface area contributed by atoms with Gasteiger partial charge in [-0.2, -0.15) is 0 Å². The Labute approximate surface area is 189 Å². The fraction of sp³-hybridized carbons (Fsp3) is 0.850. The van der Waals surface area contributed by atoms with Crippen molar-refractivity contribution in [1.29, 1.82) is 0 Å². The maximum atomic E-state index is 10.7. The lowest BCUT2D eigenvalue weighted by atomic mass is 9.88. The van der Waals surface area contributed by atoms with Gasteiger partial charge in [0.25, 0.3) is 0 Å². The molecule has 3 atom stereocenters. The summed E-state index contributed by atoms with van der Waals surface area (Å²) >= 11 is 0. The average Bonchev–Trinajstić information content (AvgIpc) is 3.60. The Hall–Kier alpha value is -0.636. The summed E-state index contributed by atoms with van der Waals surface area (Å²) in [5, 5.41) is 0. The highest BCUT2D eigenvalue weighted by Crippen LogP contribution is 2.41.